The predicted octanol–water partition coefficient (Wildman–Crippen LogP) is 6.57. The molecule has 0 saturated heterocycles. The van der Waals surface area contributed by atoms with E-state index in [9.17, 15) is 4.79 Å². The lowest BCUT2D eigenvalue weighted by Crippen LogP contribution is -2.12. The van der Waals surface area contributed by atoms with Gasteiger partial charge in [-0.05, 0) is 58.3 Å². The minimum atomic E-state index is -0.196. The smallest absolute Gasteiger partial charge is 0.255 e. The number of nitrogens with one attached hydrogen (secondary N) is 1. The Morgan fingerprint density at radius 2 is 1.74 bits per heavy atom. The molecule has 0 unspecified atom stereocenters. The van der Waals surface area contributed by atoms with Gasteiger partial charge in [0, 0.05) is 16.8 Å². The lowest BCUT2D eigenvalue weighted by atomic mass is 10.0. The molecule has 0 aliphatic rings. The lowest BCUT2D eigenvalue weighted by Gasteiger charge is -2.08. The molecule has 6 heteroatoms. The van der Waals surface area contributed by atoms with Crippen LogP contribution in [0.5, 0.6) is 5.75 Å². The van der Waals surface area contributed by atoms with Crippen LogP contribution in [0.4, 0.5) is 5.69 Å². The van der Waals surface area contributed by atoms with E-state index in [1.54, 1.807) is 24.4 Å². The summed E-state index contributed by atoms with van der Waals surface area (Å²) < 4.78 is 7.61. The van der Waals surface area contributed by atoms with Crippen LogP contribution in [0.1, 0.15) is 21.5 Å². The van der Waals surface area contributed by atoms with Gasteiger partial charge in [-0.2, -0.15) is 5.10 Å². The van der Waals surface area contributed by atoms with Gasteiger partial charge < -0.3 is 10.1 Å². The van der Waals surface area contributed by atoms with Crippen molar-refractivity contribution in [2.45, 2.75) is 13.2 Å². The van der Waals surface area contributed by atoms with Gasteiger partial charge in [-0.3, -0.25) is 9.48 Å². The molecule has 5 aromatic rings. The SMILES string of the molecule is O=C(Nc1cnn(Cc2cccc3ccccc23)c1)c1cccc(COc2ccc(Cl)cc2)c1. The molecule has 5 nitrogen and oxygen atoms in total. The van der Waals surface area contributed by atoms with Crippen molar-refractivity contribution < 1.29 is 9.53 Å². The molecule has 1 N–H and O–H groups in total. The summed E-state index contributed by atoms with van der Waals surface area (Å²) in [6.45, 7) is 0.973. The van der Waals surface area contributed by atoms with Crippen LogP contribution in [0, 0.1) is 0 Å². The average molecular weight is 468 g/mol. The molecule has 0 bridgehead atoms. The molecule has 4 aromatic carbocycles. The van der Waals surface area contributed by atoms with Gasteiger partial charge in [0.25, 0.3) is 5.91 Å². The molecule has 0 aliphatic heterocycles. The van der Waals surface area contributed by atoms with Crippen LogP contribution in [0.15, 0.2) is 103 Å². The summed E-state index contributed by atoms with van der Waals surface area (Å²) in [7, 11) is 0. The van der Waals surface area contributed by atoms with Crippen LogP contribution < -0.4 is 10.1 Å². The number of carbonyl (C=O) groups excluding carboxylic acids is 1. The Balaban J connectivity index is 1.23. The Morgan fingerprint density at radius 3 is 2.62 bits per heavy atom. The van der Waals surface area contributed by atoms with Crippen molar-refractivity contribution in [3.05, 3.63) is 125 Å². The fourth-order valence-corrected chi connectivity index (χ4v) is 3.95. The molecule has 1 heterocycles. The van der Waals surface area contributed by atoms with E-state index >= 15 is 0 Å². The fraction of sp³-hybridized carbons (Fsp3) is 0.0714. The van der Waals surface area contributed by atoms with Crippen molar-refractivity contribution in [2.75, 3.05) is 5.32 Å². The summed E-state index contributed by atoms with van der Waals surface area (Å²) in [6.07, 6.45) is 3.50. The van der Waals surface area contributed by atoms with Gasteiger partial charge >= 0.3 is 0 Å². The number of halogens is 1. The number of hydrogen-bond donors (Lipinski definition) is 1. The van der Waals surface area contributed by atoms with Crippen molar-refractivity contribution >= 4 is 34.0 Å². The first-order valence-electron chi connectivity index (χ1n) is 10.9. The van der Waals surface area contributed by atoms with Crippen LogP contribution in [-0.4, -0.2) is 15.7 Å². The van der Waals surface area contributed by atoms with Crippen LogP contribution >= 0.6 is 11.6 Å². The van der Waals surface area contributed by atoms with Crippen molar-refractivity contribution in [3.8, 4) is 5.75 Å². The molecule has 0 aliphatic carbocycles. The normalized spacial score (nSPS) is 10.9. The minimum Gasteiger partial charge on any atom is -0.489 e. The second-order valence-electron chi connectivity index (χ2n) is 7.96. The summed E-state index contributed by atoms with van der Waals surface area (Å²) >= 11 is 5.91. The van der Waals surface area contributed by atoms with E-state index < -0.39 is 0 Å². The van der Waals surface area contributed by atoms with Gasteiger partial charge in [0.15, 0.2) is 0 Å². The number of benzene rings is 4. The number of nitrogens with zero attached hydrogens (tertiary/aromatic N) is 2. The standard InChI is InChI=1S/C28H22ClN3O2/c29-24-11-13-26(14-12-24)34-19-20-5-3-8-22(15-20)28(33)31-25-16-30-32(18-25)17-23-9-4-7-21-6-1-2-10-27(21)23/h1-16,18H,17,19H2,(H,31,33). The highest BCUT2D eigenvalue weighted by Crippen LogP contribution is 2.20. The topological polar surface area (TPSA) is 56.2 Å². The first-order valence-corrected chi connectivity index (χ1v) is 11.3. The van der Waals surface area contributed by atoms with Crippen LogP contribution in [0.2, 0.25) is 5.02 Å². The Labute approximate surface area is 202 Å². The van der Waals surface area contributed by atoms with Crippen molar-refractivity contribution in [3.63, 3.8) is 0 Å². The molecule has 5 rings (SSSR count). The fourth-order valence-electron chi connectivity index (χ4n) is 3.82. The molecular formula is C28H22ClN3O2. The molecule has 0 spiro atoms. The second-order valence-corrected chi connectivity index (χ2v) is 8.40. The summed E-state index contributed by atoms with van der Waals surface area (Å²) in [4.78, 5) is 12.8. The number of ether oxygens (including phenoxy) is 1. The maximum atomic E-state index is 12.8. The molecular weight excluding hydrogens is 446 g/mol. The molecule has 34 heavy (non-hydrogen) atoms. The summed E-state index contributed by atoms with van der Waals surface area (Å²) in [6, 6.07) is 29.1. The molecule has 1 aromatic heterocycles. The first kappa shape index (κ1) is 21.7. The molecule has 168 valence electrons. The maximum Gasteiger partial charge on any atom is 0.255 e. The maximum absolute atomic E-state index is 12.8. The van der Waals surface area contributed by atoms with E-state index in [1.807, 2.05) is 59.4 Å². The van der Waals surface area contributed by atoms with Gasteiger partial charge in [-0.15, -0.1) is 0 Å². The monoisotopic (exact) mass is 467 g/mol. The highest BCUT2D eigenvalue weighted by Gasteiger charge is 2.10. The number of rotatable bonds is 7. The number of amides is 1. The zero-order chi connectivity index (χ0) is 23.3. The molecule has 0 radical (unpaired) electrons. The largest absolute Gasteiger partial charge is 0.489 e. The minimum absolute atomic E-state index is 0.196. The van der Waals surface area contributed by atoms with Gasteiger partial charge in [-0.25, -0.2) is 0 Å². The highest BCUT2D eigenvalue weighted by atomic mass is 35.5. The zero-order valence-corrected chi connectivity index (χ0v) is 19.1. The van der Waals surface area contributed by atoms with E-state index in [0.717, 1.165) is 11.3 Å². The van der Waals surface area contributed by atoms with E-state index in [1.165, 1.54) is 16.3 Å². The van der Waals surface area contributed by atoms with Gasteiger partial charge in [0.1, 0.15) is 12.4 Å². The lowest BCUT2D eigenvalue weighted by molar-refractivity contribution is 0.102. The molecule has 0 fully saturated rings. The first-order chi connectivity index (χ1) is 16.6. The van der Waals surface area contributed by atoms with Gasteiger partial charge in [0.05, 0.1) is 18.4 Å². The summed E-state index contributed by atoms with van der Waals surface area (Å²) in [5.41, 5.74) is 3.27. The number of fused-ring (bicyclic) bond motifs is 1. The number of aromatic nitrogens is 2. The van der Waals surface area contributed by atoms with E-state index in [0.29, 0.717) is 29.4 Å². The quantitative estimate of drug-likeness (QED) is 0.294. The summed E-state index contributed by atoms with van der Waals surface area (Å²) in [5.74, 6) is 0.524. The van der Waals surface area contributed by atoms with Crippen LogP contribution in [0.25, 0.3) is 10.8 Å². The predicted molar refractivity (Wildman–Crippen MR) is 135 cm³/mol. The van der Waals surface area contributed by atoms with Crippen LogP contribution in [-0.2, 0) is 13.2 Å². The van der Waals surface area contributed by atoms with E-state index in [-0.39, 0.29) is 5.91 Å². The molecule has 1 amide bonds. The number of anilines is 1. The number of carbonyl (C=O) groups is 1. The van der Waals surface area contributed by atoms with Crippen molar-refractivity contribution in [1.82, 2.24) is 9.78 Å². The van der Waals surface area contributed by atoms with Gasteiger partial charge in [0.2, 0.25) is 0 Å². The Kier molecular flexibility index (Phi) is 6.27. The van der Waals surface area contributed by atoms with Gasteiger partial charge in [-0.1, -0.05) is 66.2 Å². The van der Waals surface area contributed by atoms with E-state index in [4.69, 9.17) is 16.3 Å². The Bertz CT molecular complexity index is 1440. The zero-order valence-electron chi connectivity index (χ0n) is 18.3. The third kappa shape index (κ3) is 5.11. The third-order valence-corrected chi connectivity index (χ3v) is 5.76. The highest BCUT2D eigenvalue weighted by molar-refractivity contribution is 6.30. The average Bonchev–Trinajstić information content (AvgIpc) is 3.31. The third-order valence-electron chi connectivity index (χ3n) is 5.51. The van der Waals surface area contributed by atoms with Crippen molar-refractivity contribution in [2.24, 2.45) is 0 Å². The van der Waals surface area contributed by atoms with Crippen LogP contribution in [0.3, 0.4) is 0 Å². The number of hydrogen-bond acceptors (Lipinski definition) is 3. The second kappa shape index (κ2) is 9.81. The Hall–Kier alpha value is -4.09. The molecule has 0 saturated carbocycles. The Morgan fingerprint density at radius 1 is 0.941 bits per heavy atom. The summed E-state index contributed by atoms with van der Waals surface area (Å²) in [5, 5.41) is 10.4. The molecule has 0 atom stereocenters. The van der Waals surface area contributed by atoms with Crippen molar-refractivity contribution in [1.29, 1.82) is 0 Å². The van der Waals surface area contributed by atoms with E-state index in [2.05, 4.69) is 34.7 Å².